The van der Waals surface area contributed by atoms with Gasteiger partial charge in [-0.15, -0.1) is 10.2 Å². The first-order valence-corrected chi connectivity index (χ1v) is 5.93. The molecule has 0 bridgehead atoms. The predicted octanol–water partition coefficient (Wildman–Crippen LogP) is 0.936. The van der Waals surface area contributed by atoms with Gasteiger partial charge in [-0.1, -0.05) is 12.1 Å². The van der Waals surface area contributed by atoms with Crippen LogP contribution in [0.2, 0.25) is 0 Å². The number of anilines is 2. The Bertz CT molecular complexity index is 555. The molecule has 0 amide bonds. The van der Waals surface area contributed by atoms with E-state index in [4.69, 9.17) is 0 Å². The van der Waals surface area contributed by atoms with Crippen LogP contribution in [0.4, 0.5) is 11.9 Å². The molecule has 102 valence electrons. The Hall–Kier alpha value is -2.44. The van der Waals surface area contributed by atoms with E-state index in [1.807, 2.05) is 11.9 Å². The van der Waals surface area contributed by atoms with E-state index in [0.717, 1.165) is 0 Å². The average molecular weight is 263 g/mol. The number of aromatic amines is 1. The molecule has 0 saturated heterocycles. The zero-order valence-electron chi connectivity index (χ0n) is 10.9. The summed E-state index contributed by atoms with van der Waals surface area (Å²) in [5.41, 5.74) is 0.695. The van der Waals surface area contributed by atoms with Gasteiger partial charge in [0.2, 0.25) is 11.9 Å². The van der Waals surface area contributed by atoms with E-state index in [9.17, 15) is 10.2 Å². The van der Waals surface area contributed by atoms with Crippen molar-refractivity contribution in [2.75, 3.05) is 30.9 Å². The molecule has 0 atom stereocenters. The van der Waals surface area contributed by atoms with Gasteiger partial charge in [-0.25, -0.2) is 0 Å². The molecule has 0 spiro atoms. The predicted molar refractivity (Wildman–Crippen MR) is 72.7 cm³/mol. The van der Waals surface area contributed by atoms with Gasteiger partial charge in [-0.3, -0.25) is 4.98 Å². The number of likely N-dealkylation sites (N-methyl/N-ethyl adjacent to an activating group) is 1. The first kappa shape index (κ1) is 13.0. The Morgan fingerprint density at radius 3 is 2.79 bits per heavy atom. The lowest BCUT2D eigenvalue weighted by Crippen LogP contribution is -2.21. The summed E-state index contributed by atoms with van der Waals surface area (Å²) < 4.78 is 0. The highest BCUT2D eigenvalue weighted by molar-refractivity contribution is 5.45. The first-order chi connectivity index (χ1) is 9.11. The van der Waals surface area contributed by atoms with Crippen molar-refractivity contribution >= 4 is 11.9 Å². The van der Waals surface area contributed by atoms with Crippen molar-refractivity contribution in [2.24, 2.45) is 0 Å². The van der Waals surface area contributed by atoms with E-state index in [0.29, 0.717) is 30.4 Å². The summed E-state index contributed by atoms with van der Waals surface area (Å²) in [7, 11) is 3.63. The van der Waals surface area contributed by atoms with Gasteiger partial charge in [0.15, 0.2) is 11.5 Å². The standard InChI is InChI=1S/C12H17N5O2/c1-13-11-14-12(16-15-11)17(2)7-6-8-4-3-5-9(18)10(8)19/h3-5,18-19H,6-7H2,1-2H3,(H2,13,14,15,16). The third-order valence-electron chi connectivity index (χ3n) is 2.89. The summed E-state index contributed by atoms with van der Waals surface area (Å²) in [6, 6.07) is 4.94. The maximum absolute atomic E-state index is 9.71. The number of phenolic OH excluding ortho intramolecular Hbond substituents is 2. The van der Waals surface area contributed by atoms with Crippen LogP contribution >= 0.6 is 0 Å². The highest BCUT2D eigenvalue weighted by Gasteiger charge is 2.10. The van der Waals surface area contributed by atoms with Gasteiger partial charge >= 0.3 is 0 Å². The van der Waals surface area contributed by atoms with Gasteiger partial charge < -0.3 is 20.4 Å². The molecule has 2 aromatic rings. The summed E-state index contributed by atoms with van der Waals surface area (Å²) in [6.45, 7) is 0.634. The Labute approximate surface area is 110 Å². The molecule has 0 aliphatic rings. The van der Waals surface area contributed by atoms with E-state index in [2.05, 4.69) is 20.5 Å². The Morgan fingerprint density at radius 2 is 2.11 bits per heavy atom. The van der Waals surface area contributed by atoms with E-state index in [1.54, 1.807) is 19.2 Å². The van der Waals surface area contributed by atoms with Gasteiger partial charge in [-0.05, 0) is 18.1 Å². The molecule has 0 aliphatic heterocycles. The van der Waals surface area contributed by atoms with Gasteiger partial charge in [0, 0.05) is 20.6 Å². The molecule has 0 unspecified atom stereocenters. The quantitative estimate of drug-likeness (QED) is 0.599. The molecule has 4 N–H and O–H groups in total. The number of rotatable bonds is 5. The molecule has 0 saturated carbocycles. The number of nitrogens with one attached hydrogen (secondary N) is 2. The minimum atomic E-state index is -0.0997. The lowest BCUT2D eigenvalue weighted by Gasteiger charge is -2.15. The summed E-state index contributed by atoms with van der Waals surface area (Å²) in [5.74, 6) is 1.08. The minimum absolute atomic E-state index is 0.0654. The van der Waals surface area contributed by atoms with Gasteiger partial charge in [0.1, 0.15) is 0 Å². The van der Waals surface area contributed by atoms with Crippen molar-refractivity contribution in [1.82, 2.24) is 15.2 Å². The number of aromatic hydroxyl groups is 2. The number of hydrogen-bond donors (Lipinski definition) is 4. The van der Waals surface area contributed by atoms with Gasteiger partial charge in [0.25, 0.3) is 0 Å². The van der Waals surface area contributed by atoms with Crippen LogP contribution in [-0.4, -0.2) is 46.0 Å². The third kappa shape index (κ3) is 2.87. The number of phenols is 2. The minimum Gasteiger partial charge on any atom is -0.504 e. The number of nitrogens with zero attached hydrogens (tertiary/aromatic N) is 3. The molecule has 7 heteroatoms. The molecule has 0 fully saturated rings. The van der Waals surface area contributed by atoms with Crippen LogP contribution in [0.25, 0.3) is 0 Å². The van der Waals surface area contributed by atoms with Crippen molar-refractivity contribution in [1.29, 1.82) is 0 Å². The SMILES string of the molecule is CNc1nnc(N(C)CCc2cccc(O)c2O)[nH]1. The van der Waals surface area contributed by atoms with E-state index < -0.39 is 0 Å². The van der Waals surface area contributed by atoms with Gasteiger partial charge in [0.05, 0.1) is 0 Å². The number of H-pyrrole nitrogens is 1. The monoisotopic (exact) mass is 263 g/mol. The molecule has 0 aliphatic carbocycles. The lowest BCUT2D eigenvalue weighted by atomic mass is 10.1. The van der Waals surface area contributed by atoms with E-state index >= 15 is 0 Å². The molecule has 1 aromatic heterocycles. The Balaban J connectivity index is 2.00. The number of aromatic nitrogens is 3. The third-order valence-corrected chi connectivity index (χ3v) is 2.89. The van der Waals surface area contributed by atoms with E-state index in [1.165, 1.54) is 6.07 Å². The second-order valence-corrected chi connectivity index (χ2v) is 4.20. The second kappa shape index (κ2) is 5.47. The lowest BCUT2D eigenvalue weighted by molar-refractivity contribution is 0.399. The highest BCUT2D eigenvalue weighted by Crippen LogP contribution is 2.28. The molecule has 2 rings (SSSR count). The topological polar surface area (TPSA) is 97.3 Å². The van der Waals surface area contributed by atoms with Crippen molar-refractivity contribution in [3.8, 4) is 11.5 Å². The van der Waals surface area contributed by atoms with Crippen LogP contribution < -0.4 is 10.2 Å². The zero-order chi connectivity index (χ0) is 13.8. The van der Waals surface area contributed by atoms with Crippen LogP contribution in [0.3, 0.4) is 0 Å². The fraction of sp³-hybridized carbons (Fsp3) is 0.333. The molecule has 1 heterocycles. The fourth-order valence-electron chi connectivity index (χ4n) is 1.71. The molecular formula is C12H17N5O2. The average Bonchev–Trinajstić information content (AvgIpc) is 2.89. The normalized spacial score (nSPS) is 10.4. The molecule has 1 aromatic carbocycles. The molecule has 0 radical (unpaired) electrons. The molecule has 7 nitrogen and oxygen atoms in total. The maximum atomic E-state index is 9.71. The largest absolute Gasteiger partial charge is 0.504 e. The number of para-hydroxylation sites is 1. The molecule has 19 heavy (non-hydrogen) atoms. The van der Waals surface area contributed by atoms with Crippen LogP contribution in [0.15, 0.2) is 18.2 Å². The van der Waals surface area contributed by atoms with Crippen LogP contribution in [0.5, 0.6) is 11.5 Å². The Morgan fingerprint density at radius 1 is 1.32 bits per heavy atom. The van der Waals surface area contributed by atoms with Crippen LogP contribution in [0.1, 0.15) is 5.56 Å². The van der Waals surface area contributed by atoms with Crippen LogP contribution in [0, 0.1) is 0 Å². The number of hydrogen-bond acceptors (Lipinski definition) is 6. The van der Waals surface area contributed by atoms with Crippen molar-refractivity contribution in [3.63, 3.8) is 0 Å². The maximum Gasteiger partial charge on any atom is 0.225 e. The van der Waals surface area contributed by atoms with Crippen molar-refractivity contribution in [3.05, 3.63) is 23.8 Å². The summed E-state index contributed by atoms with van der Waals surface area (Å²) >= 11 is 0. The Kier molecular flexibility index (Phi) is 3.74. The second-order valence-electron chi connectivity index (χ2n) is 4.20. The smallest absolute Gasteiger partial charge is 0.225 e. The first-order valence-electron chi connectivity index (χ1n) is 5.93. The molecular weight excluding hydrogens is 246 g/mol. The fourth-order valence-corrected chi connectivity index (χ4v) is 1.71. The van der Waals surface area contributed by atoms with Crippen molar-refractivity contribution in [2.45, 2.75) is 6.42 Å². The number of benzene rings is 1. The summed E-state index contributed by atoms with van der Waals surface area (Å²) in [6.07, 6.45) is 0.590. The van der Waals surface area contributed by atoms with Gasteiger partial charge in [-0.2, -0.15) is 0 Å². The van der Waals surface area contributed by atoms with E-state index in [-0.39, 0.29) is 11.5 Å². The zero-order valence-corrected chi connectivity index (χ0v) is 10.9. The highest BCUT2D eigenvalue weighted by atomic mass is 16.3. The van der Waals surface area contributed by atoms with Crippen LogP contribution in [-0.2, 0) is 6.42 Å². The summed E-state index contributed by atoms with van der Waals surface area (Å²) in [4.78, 5) is 4.89. The van der Waals surface area contributed by atoms with Crippen molar-refractivity contribution < 1.29 is 10.2 Å². The summed E-state index contributed by atoms with van der Waals surface area (Å²) in [5, 5.41) is 29.9.